The lowest BCUT2D eigenvalue weighted by Gasteiger charge is -2.42. The summed E-state index contributed by atoms with van der Waals surface area (Å²) in [6.45, 7) is 10.3. The van der Waals surface area contributed by atoms with Crippen LogP contribution in [0.15, 0.2) is 60.7 Å². The van der Waals surface area contributed by atoms with Crippen LogP contribution in [0.25, 0.3) is 0 Å². The third-order valence-electron chi connectivity index (χ3n) is 4.43. The molecular formula is C18H26O2Si2. The van der Waals surface area contributed by atoms with E-state index in [-0.39, 0.29) is 0 Å². The first-order chi connectivity index (χ1) is 10.6. The molecule has 0 saturated carbocycles. The van der Waals surface area contributed by atoms with Crippen molar-refractivity contribution in [1.29, 1.82) is 0 Å². The van der Waals surface area contributed by atoms with Crippen LogP contribution < -0.4 is 10.4 Å². The highest BCUT2D eigenvalue weighted by molar-refractivity contribution is 7.46. The minimum Gasteiger partial charge on any atom is -0.412 e. The Balaban J connectivity index is 2.60. The SMILES string of the molecule is CCO[Si](C)(c1ccccc1)[Si](C)(OCC)c1ccccc1. The molecule has 2 unspecified atom stereocenters. The molecule has 0 aliphatic rings. The predicted octanol–water partition coefficient (Wildman–Crippen LogP) is 3.10. The van der Waals surface area contributed by atoms with E-state index in [1.165, 1.54) is 10.4 Å². The van der Waals surface area contributed by atoms with E-state index in [1.807, 2.05) is 0 Å². The van der Waals surface area contributed by atoms with Crippen LogP contribution in [0.2, 0.25) is 13.1 Å². The monoisotopic (exact) mass is 330 g/mol. The van der Waals surface area contributed by atoms with Crippen LogP contribution >= 0.6 is 0 Å². The summed E-state index contributed by atoms with van der Waals surface area (Å²) in [4.78, 5) is 0. The van der Waals surface area contributed by atoms with Crippen molar-refractivity contribution in [2.45, 2.75) is 26.9 Å². The Hall–Kier alpha value is -1.21. The third-order valence-corrected chi connectivity index (χ3v) is 18.9. The Morgan fingerprint density at radius 1 is 0.636 bits per heavy atom. The maximum atomic E-state index is 6.46. The standard InChI is InChI=1S/C18H26O2Si2/c1-5-19-21(3,17-13-9-7-10-14-17)22(4,20-6-2)18-15-11-8-12-16-18/h7-16H,5-6H2,1-4H3. The largest absolute Gasteiger partial charge is 0.412 e. The van der Waals surface area contributed by atoms with Crippen LogP contribution in [0, 0.1) is 0 Å². The van der Waals surface area contributed by atoms with Gasteiger partial charge in [0.15, 0.2) is 0 Å². The molecule has 0 bridgehead atoms. The molecule has 0 fully saturated rings. The fourth-order valence-corrected chi connectivity index (χ4v) is 14.7. The van der Waals surface area contributed by atoms with Crippen LogP contribution in [0.3, 0.4) is 0 Å². The summed E-state index contributed by atoms with van der Waals surface area (Å²) in [5.74, 6) is 0. The highest BCUT2D eigenvalue weighted by atomic mass is 29.3. The molecule has 0 spiro atoms. The van der Waals surface area contributed by atoms with E-state index in [2.05, 4.69) is 87.6 Å². The van der Waals surface area contributed by atoms with Crippen molar-refractivity contribution in [1.82, 2.24) is 0 Å². The molecule has 118 valence electrons. The number of rotatable bonds is 7. The van der Waals surface area contributed by atoms with Crippen molar-refractivity contribution >= 4 is 26.0 Å². The first kappa shape index (κ1) is 17.2. The summed E-state index contributed by atoms with van der Waals surface area (Å²) in [7, 11) is -4.45. The summed E-state index contributed by atoms with van der Waals surface area (Å²) in [6, 6.07) is 21.3. The van der Waals surface area contributed by atoms with Gasteiger partial charge >= 0.3 is 0 Å². The van der Waals surface area contributed by atoms with Crippen molar-refractivity contribution in [2.75, 3.05) is 13.2 Å². The van der Waals surface area contributed by atoms with Crippen molar-refractivity contribution in [3.8, 4) is 0 Å². The van der Waals surface area contributed by atoms with Gasteiger partial charge in [-0.25, -0.2) is 0 Å². The second-order valence-corrected chi connectivity index (χ2v) is 17.3. The van der Waals surface area contributed by atoms with Gasteiger partial charge in [0.1, 0.15) is 0 Å². The second-order valence-electron chi connectivity index (χ2n) is 5.66. The molecule has 2 rings (SSSR count). The Kier molecular flexibility index (Phi) is 5.75. The molecule has 0 aromatic heterocycles. The minimum atomic E-state index is -2.22. The van der Waals surface area contributed by atoms with Gasteiger partial charge in [-0.2, -0.15) is 0 Å². The normalized spacial score (nSPS) is 16.7. The van der Waals surface area contributed by atoms with E-state index in [4.69, 9.17) is 8.85 Å². The fourth-order valence-electron chi connectivity index (χ4n) is 3.08. The van der Waals surface area contributed by atoms with Crippen LogP contribution in [0.5, 0.6) is 0 Å². The van der Waals surface area contributed by atoms with Gasteiger partial charge < -0.3 is 8.85 Å². The lowest BCUT2D eigenvalue weighted by molar-refractivity contribution is 0.312. The zero-order valence-corrected chi connectivity index (χ0v) is 16.0. The molecule has 0 aliphatic heterocycles. The van der Waals surface area contributed by atoms with Gasteiger partial charge in [-0.1, -0.05) is 60.7 Å². The first-order valence-corrected chi connectivity index (χ1v) is 13.8. The van der Waals surface area contributed by atoms with Crippen LogP contribution in [-0.4, -0.2) is 28.9 Å². The van der Waals surface area contributed by atoms with Gasteiger partial charge in [0.25, 0.3) is 0 Å². The Morgan fingerprint density at radius 2 is 0.955 bits per heavy atom. The van der Waals surface area contributed by atoms with Gasteiger partial charge in [0, 0.05) is 13.2 Å². The maximum Gasteiger partial charge on any atom is 0.243 e. The van der Waals surface area contributed by atoms with Crippen LogP contribution in [0.1, 0.15) is 13.8 Å². The molecule has 0 N–H and O–H groups in total. The van der Waals surface area contributed by atoms with Gasteiger partial charge in [0.2, 0.25) is 15.7 Å². The summed E-state index contributed by atoms with van der Waals surface area (Å²) < 4.78 is 12.9. The summed E-state index contributed by atoms with van der Waals surface area (Å²) >= 11 is 0. The van der Waals surface area contributed by atoms with Crippen molar-refractivity contribution < 1.29 is 8.85 Å². The van der Waals surface area contributed by atoms with E-state index < -0.39 is 15.7 Å². The van der Waals surface area contributed by atoms with Crippen LogP contribution in [-0.2, 0) is 8.85 Å². The van der Waals surface area contributed by atoms with Crippen molar-refractivity contribution in [3.05, 3.63) is 60.7 Å². The first-order valence-electron chi connectivity index (χ1n) is 7.97. The van der Waals surface area contributed by atoms with Gasteiger partial charge in [-0.15, -0.1) is 0 Å². The highest BCUT2D eigenvalue weighted by Crippen LogP contribution is 2.22. The topological polar surface area (TPSA) is 18.5 Å². The lowest BCUT2D eigenvalue weighted by atomic mass is 10.4. The molecule has 2 aromatic carbocycles. The molecule has 2 atom stereocenters. The summed E-state index contributed by atoms with van der Waals surface area (Å²) in [6.07, 6.45) is 0. The molecule has 4 heteroatoms. The van der Waals surface area contributed by atoms with Crippen LogP contribution in [0.4, 0.5) is 0 Å². The number of hydrogen-bond acceptors (Lipinski definition) is 2. The smallest absolute Gasteiger partial charge is 0.243 e. The van der Waals surface area contributed by atoms with Gasteiger partial charge in [-0.05, 0) is 37.3 Å². The molecule has 0 aliphatic carbocycles. The molecule has 2 nitrogen and oxygen atoms in total. The zero-order valence-electron chi connectivity index (χ0n) is 14.0. The highest BCUT2D eigenvalue weighted by Gasteiger charge is 2.55. The second kappa shape index (κ2) is 7.37. The molecule has 0 amide bonds. The molecular weight excluding hydrogens is 304 g/mol. The Morgan fingerprint density at radius 3 is 1.23 bits per heavy atom. The van der Waals surface area contributed by atoms with Crippen molar-refractivity contribution in [2.24, 2.45) is 0 Å². The minimum absolute atomic E-state index is 0.722. The van der Waals surface area contributed by atoms with E-state index >= 15 is 0 Å². The fraction of sp³-hybridized carbons (Fsp3) is 0.333. The summed E-state index contributed by atoms with van der Waals surface area (Å²) in [5, 5.41) is 2.65. The predicted molar refractivity (Wildman–Crippen MR) is 98.6 cm³/mol. The van der Waals surface area contributed by atoms with E-state index in [9.17, 15) is 0 Å². The quantitative estimate of drug-likeness (QED) is 0.726. The number of benzene rings is 2. The van der Waals surface area contributed by atoms with E-state index in [1.54, 1.807) is 0 Å². The van der Waals surface area contributed by atoms with Crippen molar-refractivity contribution in [3.63, 3.8) is 0 Å². The van der Waals surface area contributed by atoms with Gasteiger partial charge in [-0.3, -0.25) is 0 Å². The van der Waals surface area contributed by atoms with E-state index in [0.29, 0.717) is 0 Å². The zero-order chi connectivity index (χ0) is 16.1. The van der Waals surface area contributed by atoms with E-state index in [0.717, 1.165) is 13.2 Å². The molecule has 0 heterocycles. The average Bonchev–Trinajstić information content (AvgIpc) is 2.56. The lowest BCUT2D eigenvalue weighted by Crippen LogP contribution is -2.75. The Labute approximate surface area is 136 Å². The third kappa shape index (κ3) is 3.10. The molecule has 0 radical (unpaired) electrons. The molecule has 22 heavy (non-hydrogen) atoms. The molecule has 2 aromatic rings. The Bertz CT molecular complexity index is 523. The maximum absolute atomic E-state index is 6.46. The summed E-state index contributed by atoms with van der Waals surface area (Å²) in [5.41, 5.74) is 0. The van der Waals surface area contributed by atoms with Gasteiger partial charge in [0.05, 0.1) is 0 Å². The average molecular weight is 331 g/mol. The molecule has 0 saturated heterocycles. The number of hydrogen-bond donors (Lipinski definition) is 0.